The molecule has 3 heterocycles. The third kappa shape index (κ3) is 3.16. The Hall–Kier alpha value is -3.00. The largest absolute Gasteiger partial charge is 0.346 e. The van der Waals surface area contributed by atoms with Gasteiger partial charge in [-0.05, 0) is 6.92 Å². The predicted molar refractivity (Wildman–Crippen MR) is 95.1 cm³/mol. The molecule has 0 saturated carbocycles. The van der Waals surface area contributed by atoms with Crippen LogP contribution in [-0.2, 0) is 11.3 Å². The summed E-state index contributed by atoms with van der Waals surface area (Å²) in [6.45, 7) is 2.12. The summed E-state index contributed by atoms with van der Waals surface area (Å²) in [6, 6.07) is 9.62. The Labute approximate surface area is 148 Å². The van der Waals surface area contributed by atoms with E-state index in [2.05, 4.69) is 20.4 Å². The van der Waals surface area contributed by atoms with Crippen molar-refractivity contribution in [3.05, 3.63) is 60.1 Å². The lowest BCUT2D eigenvalue weighted by atomic mass is 10.2. The highest BCUT2D eigenvalue weighted by molar-refractivity contribution is 7.14. The topological polar surface area (TPSA) is 77.1 Å². The van der Waals surface area contributed by atoms with Crippen molar-refractivity contribution in [2.45, 2.75) is 19.5 Å². The highest BCUT2D eigenvalue weighted by atomic mass is 32.1. The number of hydrogen-bond acceptors (Lipinski definition) is 5. The Morgan fingerprint density at radius 2 is 2.16 bits per heavy atom. The van der Waals surface area contributed by atoms with E-state index in [9.17, 15) is 4.79 Å². The molecule has 0 aliphatic heterocycles. The molecule has 0 saturated heterocycles. The van der Waals surface area contributed by atoms with Crippen LogP contribution < -0.4 is 5.32 Å². The molecule has 0 radical (unpaired) electrons. The van der Waals surface area contributed by atoms with Gasteiger partial charge in [-0.2, -0.15) is 5.10 Å². The van der Waals surface area contributed by atoms with Crippen LogP contribution in [0.2, 0.25) is 0 Å². The van der Waals surface area contributed by atoms with Gasteiger partial charge in [-0.3, -0.25) is 4.79 Å². The number of fused-ring (bicyclic) bond motifs is 1. The molecule has 0 spiro atoms. The van der Waals surface area contributed by atoms with Crippen molar-refractivity contribution in [2.24, 2.45) is 0 Å². The maximum atomic E-state index is 12.4. The van der Waals surface area contributed by atoms with E-state index in [1.54, 1.807) is 16.2 Å². The van der Waals surface area contributed by atoms with Gasteiger partial charge in [0.15, 0.2) is 0 Å². The molecule has 0 bridgehead atoms. The van der Waals surface area contributed by atoms with E-state index < -0.39 is 0 Å². The van der Waals surface area contributed by atoms with E-state index in [-0.39, 0.29) is 18.5 Å². The lowest BCUT2D eigenvalue weighted by molar-refractivity contribution is -0.122. The molecule has 0 aliphatic carbocycles. The second-order valence-electron chi connectivity index (χ2n) is 5.67. The van der Waals surface area contributed by atoms with Gasteiger partial charge in [0.2, 0.25) is 10.9 Å². The second kappa shape index (κ2) is 6.48. The van der Waals surface area contributed by atoms with Gasteiger partial charge in [-0.15, -0.1) is 0 Å². The molecule has 25 heavy (non-hydrogen) atoms. The number of imidazole rings is 2. The molecule has 4 aromatic rings. The molecule has 3 aromatic heterocycles. The van der Waals surface area contributed by atoms with E-state index in [0.29, 0.717) is 0 Å². The monoisotopic (exact) mass is 352 g/mol. The van der Waals surface area contributed by atoms with Crippen LogP contribution in [-0.4, -0.2) is 30.1 Å². The molecule has 0 fully saturated rings. The molecule has 1 atom stereocenters. The van der Waals surface area contributed by atoms with Crippen molar-refractivity contribution in [1.82, 2.24) is 29.5 Å². The first kappa shape index (κ1) is 15.5. The van der Waals surface area contributed by atoms with E-state index in [4.69, 9.17) is 0 Å². The summed E-state index contributed by atoms with van der Waals surface area (Å²) in [5.74, 6) is 0.683. The van der Waals surface area contributed by atoms with Crippen molar-refractivity contribution in [1.29, 1.82) is 0 Å². The van der Waals surface area contributed by atoms with Crippen LogP contribution in [0.3, 0.4) is 0 Å². The van der Waals surface area contributed by atoms with Crippen LogP contribution in [0.1, 0.15) is 18.7 Å². The molecule has 126 valence electrons. The number of hydrogen-bond donors (Lipinski definition) is 1. The molecule has 0 aliphatic rings. The van der Waals surface area contributed by atoms with Crippen molar-refractivity contribution in [3.63, 3.8) is 0 Å². The summed E-state index contributed by atoms with van der Waals surface area (Å²) in [6.07, 6.45) is 5.35. The number of amides is 1. The van der Waals surface area contributed by atoms with Gasteiger partial charge < -0.3 is 9.88 Å². The summed E-state index contributed by atoms with van der Waals surface area (Å²) in [7, 11) is 0. The van der Waals surface area contributed by atoms with Crippen LogP contribution >= 0.6 is 11.3 Å². The van der Waals surface area contributed by atoms with Crippen molar-refractivity contribution < 1.29 is 4.79 Å². The van der Waals surface area contributed by atoms with Crippen LogP contribution in [0.25, 0.3) is 16.3 Å². The first-order chi connectivity index (χ1) is 12.2. The van der Waals surface area contributed by atoms with Crippen LogP contribution in [0, 0.1) is 0 Å². The maximum absolute atomic E-state index is 12.4. The fourth-order valence-electron chi connectivity index (χ4n) is 2.66. The average Bonchev–Trinajstić information content (AvgIpc) is 3.31. The molecular formula is C17H16N6OS. The normalized spacial score (nSPS) is 12.4. The summed E-state index contributed by atoms with van der Waals surface area (Å²) in [5.41, 5.74) is 3.51. The van der Waals surface area contributed by atoms with E-state index in [1.165, 1.54) is 11.3 Å². The van der Waals surface area contributed by atoms with Gasteiger partial charge in [-0.25, -0.2) is 14.5 Å². The number of carbonyl (C=O) groups excluding carboxylic acids is 1. The van der Waals surface area contributed by atoms with E-state index in [0.717, 1.165) is 22.0 Å². The van der Waals surface area contributed by atoms with Gasteiger partial charge in [0.25, 0.3) is 0 Å². The Balaban J connectivity index is 1.46. The van der Waals surface area contributed by atoms with Crippen molar-refractivity contribution in [2.75, 3.05) is 0 Å². The fraction of sp³-hybridized carbons (Fsp3) is 0.176. The van der Waals surface area contributed by atoms with Gasteiger partial charge >= 0.3 is 0 Å². The molecule has 4 rings (SSSR count). The number of nitrogens with one attached hydrogen (secondary N) is 1. The molecule has 8 heteroatoms. The first-order valence-corrected chi connectivity index (χ1v) is 8.73. The second-order valence-corrected chi connectivity index (χ2v) is 6.48. The Morgan fingerprint density at radius 1 is 1.32 bits per heavy atom. The van der Waals surface area contributed by atoms with Gasteiger partial charge in [-0.1, -0.05) is 41.7 Å². The number of carbonyl (C=O) groups is 1. The van der Waals surface area contributed by atoms with Crippen LogP contribution in [0.4, 0.5) is 0 Å². The van der Waals surface area contributed by atoms with E-state index in [1.807, 2.05) is 54.2 Å². The van der Waals surface area contributed by atoms with Crippen LogP contribution in [0.5, 0.6) is 0 Å². The third-order valence-corrected chi connectivity index (χ3v) is 4.58. The third-order valence-electron chi connectivity index (χ3n) is 3.89. The predicted octanol–water partition coefficient (Wildman–Crippen LogP) is 2.53. The number of aromatic nitrogens is 5. The average molecular weight is 352 g/mol. The highest BCUT2D eigenvalue weighted by Crippen LogP contribution is 2.17. The minimum Gasteiger partial charge on any atom is -0.346 e. The number of rotatable bonds is 5. The zero-order chi connectivity index (χ0) is 17.2. The first-order valence-electron chi connectivity index (χ1n) is 7.85. The zero-order valence-electron chi connectivity index (χ0n) is 13.5. The quantitative estimate of drug-likeness (QED) is 0.599. The van der Waals surface area contributed by atoms with Crippen molar-refractivity contribution in [3.8, 4) is 11.4 Å². The minimum atomic E-state index is -0.190. The summed E-state index contributed by atoms with van der Waals surface area (Å²) in [5, 5.41) is 7.13. The Morgan fingerprint density at radius 3 is 2.96 bits per heavy atom. The lowest BCUT2D eigenvalue weighted by Crippen LogP contribution is -2.30. The molecule has 7 nitrogen and oxygen atoms in total. The summed E-state index contributed by atoms with van der Waals surface area (Å²) in [4.78, 5) is 22.1. The molecular weight excluding hydrogens is 336 g/mol. The molecule has 1 aromatic carbocycles. The van der Waals surface area contributed by atoms with Gasteiger partial charge in [0.1, 0.15) is 17.9 Å². The number of benzene rings is 1. The van der Waals surface area contributed by atoms with Gasteiger partial charge in [0, 0.05) is 18.0 Å². The minimum absolute atomic E-state index is 0.0907. The van der Waals surface area contributed by atoms with E-state index >= 15 is 0 Å². The highest BCUT2D eigenvalue weighted by Gasteiger charge is 2.15. The molecule has 0 unspecified atom stereocenters. The fourth-order valence-corrected chi connectivity index (χ4v) is 3.27. The lowest BCUT2D eigenvalue weighted by Gasteiger charge is -2.13. The number of nitrogens with zero attached hydrogens (tertiary/aromatic N) is 5. The molecule has 1 amide bonds. The van der Waals surface area contributed by atoms with Crippen molar-refractivity contribution >= 4 is 22.2 Å². The summed E-state index contributed by atoms with van der Waals surface area (Å²) >= 11 is 1.46. The molecule has 1 N–H and O–H groups in total. The van der Waals surface area contributed by atoms with Gasteiger partial charge in [0.05, 0.1) is 17.9 Å². The Kier molecular flexibility index (Phi) is 4.02. The zero-order valence-corrected chi connectivity index (χ0v) is 14.3. The summed E-state index contributed by atoms with van der Waals surface area (Å²) < 4.78 is 3.55. The SMILES string of the molecule is C[C@H](NC(=O)Cn1ccnc1-c1ccccc1)c1cn2ncsc2n1. The van der Waals surface area contributed by atoms with Crippen LogP contribution in [0.15, 0.2) is 54.4 Å². The Bertz CT molecular complexity index is 974. The smallest absolute Gasteiger partial charge is 0.240 e. The standard InChI is InChI=1S/C17H16N6OS/c1-12(14-9-23-17(21-14)25-11-19-23)20-15(24)10-22-8-7-18-16(22)13-5-3-2-4-6-13/h2-9,11-12H,10H2,1H3,(H,20,24)/t12-/m0/s1. The maximum Gasteiger partial charge on any atom is 0.240 e.